The Morgan fingerprint density at radius 1 is 0.758 bits per heavy atom. The number of nitrogens with zero attached hydrogens (tertiary/aromatic N) is 8. The predicted molar refractivity (Wildman–Crippen MR) is 373 cm³/mol. The summed E-state index contributed by atoms with van der Waals surface area (Å²) in [4.78, 5) is 145. The summed E-state index contributed by atoms with van der Waals surface area (Å²) in [7, 11) is 10.1. The van der Waals surface area contributed by atoms with E-state index in [-0.39, 0.29) is 147 Å². The number of likely N-dealkylation sites (tertiary alicyclic amines) is 1. The number of amides is 6. The van der Waals surface area contributed by atoms with Crippen LogP contribution in [-0.4, -0.2) is 201 Å². The summed E-state index contributed by atoms with van der Waals surface area (Å²) in [5.41, 5.74) is 14.4. The lowest BCUT2D eigenvalue weighted by molar-refractivity contribution is -0.149. The minimum absolute atomic E-state index is 0.00197. The van der Waals surface area contributed by atoms with Gasteiger partial charge >= 0.3 is 0 Å². The fraction of sp³-hybridized carbons (Fsp3) is 0.652. The second-order valence-corrected chi connectivity index (χ2v) is 27.1. The van der Waals surface area contributed by atoms with E-state index in [0.29, 0.717) is 43.3 Å². The van der Waals surface area contributed by atoms with Crippen LogP contribution in [0.3, 0.4) is 0 Å². The number of ether oxygens (including phenoxy) is 2. The van der Waals surface area contributed by atoms with Crippen LogP contribution in [-0.2, 0) is 77.0 Å². The number of fused-ring (bicyclic) bond motifs is 1. The van der Waals surface area contributed by atoms with Gasteiger partial charge in [-0.25, -0.2) is 9.97 Å². The average molecular weight is 1360 g/mol. The Morgan fingerprint density at radius 3 is 1.93 bits per heavy atom. The van der Waals surface area contributed by atoms with Crippen LogP contribution in [0.4, 0.5) is 0 Å². The molecule has 2 aromatic carbocycles. The van der Waals surface area contributed by atoms with E-state index in [9.17, 15) is 47.9 Å². The van der Waals surface area contributed by atoms with Crippen molar-refractivity contribution >= 4 is 93.1 Å². The predicted octanol–water partition coefficient (Wildman–Crippen LogP) is 7.93. The number of carbonyl (C=O) groups excluding carboxylic acids is 10. The molecule has 526 valence electrons. The number of likely N-dealkylation sites (N-methyl/N-ethyl adjacent to an activating group) is 2. The Bertz CT molecular complexity index is 3080. The lowest BCUT2D eigenvalue weighted by Gasteiger charge is -2.41. The molecule has 0 aliphatic carbocycles. The van der Waals surface area contributed by atoms with E-state index in [1.54, 1.807) is 91.7 Å². The van der Waals surface area contributed by atoms with E-state index in [2.05, 4.69) is 36.3 Å². The number of benzene rings is 2. The molecule has 6 amide bonds. The van der Waals surface area contributed by atoms with Crippen LogP contribution in [0, 0.1) is 29.6 Å². The van der Waals surface area contributed by atoms with E-state index in [4.69, 9.17) is 20.0 Å². The number of Topliss-reactive ketones (excluding diaryl/α,β-unsaturated/α-hetero) is 4. The molecular formula is C69H106N12O12S2. The third-order valence-corrected chi connectivity index (χ3v) is 18.6. The molecule has 24 nitrogen and oxygen atoms in total. The fourth-order valence-corrected chi connectivity index (χ4v) is 13.0. The number of azide groups is 1. The van der Waals surface area contributed by atoms with Gasteiger partial charge < -0.3 is 40.5 Å². The fourth-order valence-electron chi connectivity index (χ4n) is 12.0. The standard InChI is InChI=1S/C50H82N8O9.C19H24N4O3S2/c1-14-33(7)47(57(11)50(65)40(31(3)4)27-42(61)46(32(5)6)56(9)10)43(66-12)28-45(63)58-24-16-17-41(58)48(67-13)34(8)49(64)54-37(29-53-55-51)25-35-18-20-36(21-19-35)26-39(60)30-52-44(62)23-22-38(59)15-2;1-20-18(25)7-5-13(24)9-21-19(26)12-4-6-14-15(8-12)23-17(11-28-3)16(22-14)10-27-2/h18-21,31-34,37,40-41,43,46-48H,14-17,22-30H2,1-13H3,(H,52,62)(H,54,64);4,6,8H,5,7,9-11H2,1-3H3,(H,20,25)(H,21,26)/t33-,34+,37-,40-,41-,43+,46-,47-,48+;/m0./s1. The lowest BCUT2D eigenvalue weighted by atomic mass is 9.83. The molecule has 4 N–H and O–H groups in total. The maximum Gasteiger partial charge on any atom is 0.251 e. The van der Waals surface area contributed by atoms with Crippen molar-refractivity contribution in [2.45, 2.75) is 180 Å². The van der Waals surface area contributed by atoms with Crippen molar-refractivity contribution in [1.29, 1.82) is 0 Å². The highest BCUT2D eigenvalue weighted by atomic mass is 32.2. The van der Waals surface area contributed by atoms with Crippen LogP contribution in [0.25, 0.3) is 21.5 Å². The molecule has 1 aliphatic heterocycles. The molecule has 0 radical (unpaired) electrons. The Hall–Kier alpha value is -6.83. The van der Waals surface area contributed by atoms with Crippen molar-refractivity contribution in [3.8, 4) is 0 Å². The molecule has 9 atom stereocenters. The first-order chi connectivity index (χ1) is 45.1. The highest BCUT2D eigenvalue weighted by Crippen LogP contribution is 2.32. The zero-order chi connectivity index (χ0) is 71.1. The summed E-state index contributed by atoms with van der Waals surface area (Å²) in [6.45, 7) is 15.7. The second kappa shape index (κ2) is 42.7. The number of hydrogen-bond donors (Lipinski definition) is 4. The quantitative estimate of drug-likeness (QED) is 0.0238. The van der Waals surface area contributed by atoms with Crippen molar-refractivity contribution < 1.29 is 57.4 Å². The van der Waals surface area contributed by atoms with E-state index in [1.807, 2.05) is 85.2 Å². The van der Waals surface area contributed by atoms with Gasteiger partial charge in [0.1, 0.15) is 5.78 Å². The largest absolute Gasteiger partial charge is 0.379 e. The van der Waals surface area contributed by atoms with Crippen LogP contribution in [0.1, 0.15) is 152 Å². The Balaban J connectivity index is 0.000000694. The Kier molecular flexibility index (Phi) is 37.0. The molecule has 2 heterocycles. The number of ketones is 4. The molecule has 1 fully saturated rings. The molecule has 0 spiro atoms. The van der Waals surface area contributed by atoms with Crippen LogP contribution in [0.2, 0.25) is 0 Å². The molecule has 26 heteroatoms. The van der Waals surface area contributed by atoms with Gasteiger partial charge in [0.15, 0.2) is 17.3 Å². The smallest absolute Gasteiger partial charge is 0.251 e. The van der Waals surface area contributed by atoms with Crippen LogP contribution < -0.4 is 21.3 Å². The van der Waals surface area contributed by atoms with Crippen LogP contribution in [0.5, 0.6) is 0 Å². The molecule has 0 saturated carbocycles. The third kappa shape index (κ3) is 26.6. The van der Waals surface area contributed by atoms with Crippen LogP contribution in [0.15, 0.2) is 47.6 Å². The van der Waals surface area contributed by atoms with Gasteiger partial charge in [-0.05, 0) is 98.5 Å². The second-order valence-electron chi connectivity index (χ2n) is 25.4. The molecule has 1 saturated heterocycles. The maximum atomic E-state index is 14.4. The molecule has 1 aromatic heterocycles. The Morgan fingerprint density at radius 2 is 1.37 bits per heavy atom. The van der Waals surface area contributed by atoms with Gasteiger partial charge in [0, 0.05) is 120 Å². The number of methoxy groups -OCH3 is 2. The number of thioether (sulfide) groups is 2. The molecule has 95 heavy (non-hydrogen) atoms. The first-order valence-electron chi connectivity index (χ1n) is 32.9. The highest BCUT2D eigenvalue weighted by molar-refractivity contribution is 7.98. The topological polar surface area (TPSA) is 322 Å². The van der Waals surface area contributed by atoms with E-state index in [0.717, 1.165) is 46.0 Å². The van der Waals surface area contributed by atoms with Crippen LogP contribution >= 0.6 is 23.5 Å². The minimum Gasteiger partial charge on any atom is -0.379 e. The molecule has 1 aliphatic rings. The number of nitrogens with one attached hydrogen (secondary N) is 4. The monoisotopic (exact) mass is 1360 g/mol. The van der Waals surface area contributed by atoms with Crippen molar-refractivity contribution in [2.75, 3.05) is 81.1 Å². The number of carbonyl (C=O) groups is 10. The van der Waals surface area contributed by atoms with Crippen molar-refractivity contribution in [2.24, 2.45) is 34.7 Å². The van der Waals surface area contributed by atoms with E-state index in [1.165, 1.54) is 14.2 Å². The molecular weight excluding hydrogens is 1250 g/mol. The van der Waals surface area contributed by atoms with Gasteiger partial charge in [-0.3, -0.25) is 52.8 Å². The normalized spacial score (nSPS) is 15.4. The van der Waals surface area contributed by atoms with Gasteiger partial charge in [0.2, 0.25) is 29.5 Å². The van der Waals surface area contributed by atoms with E-state index >= 15 is 0 Å². The van der Waals surface area contributed by atoms with E-state index < -0.39 is 42.2 Å². The summed E-state index contributed by atoms with van der Waals surface area (Å²) >= 11 is 3.37. The van der Waals surface area contributed by atoms with Crippen molar-refractivity contribution in [3.05, 3.63) is 81.0 Å². The number of rotatable bonds is 41. The number of hydrogen-bond acceptors (Lipinski definition) is 18. The lowest BCUT2D eigenvalue weighted by Crippen LogP contribution is -2.54. The minimum atomic E-state index is -0.703. The van der Waals surface area contributed by atoms with Gasteiger partial charge in [0.25, 0.3) is 5.91 Å². The van der Waals surface area contributed by atoms with Gasteiger partial charge in [-0.15, -0.1) is 0 Å². The summed E-state index contributed by atoms with van der Waals surface area (Å²) in [5, 5.41) is 14.4. The summed E-state index contributed by atoms with van der Waals surface area (Å²) in [6, 6.07) is 10.7. The van der Waals surface area contributed by atoms with Gasteiger partial charge in [-0.2, -0.15) is 23.5 Å². The number of aromatic nitrogens is 2. The van der Waals surface area contributed by atoms with Crippen molar-refractivity contribution in [1.82, 2.24) is 45.9 Å². The first-order valence-corrected chi connectivity index (χ1v) is 35.7. The molecule has 3 aromatic rings. The summed E-state index contributed by atoms with van der Waals surface area (Å²) in [5.74, 6) is -1.66. The maximum absolute atomic E-state index is 14.4. The average Bonchev–Trinajstić information content (AvgIpc) is 1.67. The van der Waals surface area contributed by atoms with Gasteiger partial charge in [-0.1, -0.05) is 91.2 Å². The Labute approximate surface area is 570 Å². The third-order valence-electron chi connectivity index (χ3n) is 17.4. The molecule has 4 rings (SSSR count). The highest BCUT2D eigenvalue weighted by Gasteiger charge is 2.43. The first kappa shape index (κ1) is 82.4. The summed E-state index contributed by atoms with van der Waals surface area (Å²) in [6.07, 6.45) is 6.10. The zero-order valence-electron chi connectivity index (χ0n) is 58.9. The van der Waals surface area contributed by atoms with Crippen molar-refractivity contribution in [3.63, 3.8) is 0 Å². The zero-order valence-corrected chi connectivity index (χ0v) is 60.5. The summed E-state index contributed by atoms with van der Waals surface area (Å²) < 4.78 is 12.1. The SMILES string of the molecule is CCC(=O)CCC(=O)NCC(=O)Cc1ccc(C[C@@H](CN=[N+]=[N-])NC(=O)[C@H](C)[C@@H](OC)[C@@H]2CCCN2C(=O)C[C@@H](OC)[C@H]([C@@H](C)CC)N(C)C(=O)[C@@H](CC(=O)[C@H](C(C)C)N(C)C)C(C)C)cc1.CNC(=O)CCC(=O)CNC(=O)c1ccc2nc(CSC)c(CSC)nc2c1. The molecule has 0 unspecified atom stereocenters. The molecule has 0 bridgehead atoms. The van der Waals surface area contributed by atoms with Gasteiger partial charge in [0.05, 0.1) is 78.2 Å².